The van der Waals surface area contributed by atoms with E-state index in [1.165, 1.54) is 6.07 Å². The van der Waals surface area contributed by atoms with Crippen LogP contribution in [0, 0.1) is 13.8 Å². The SMILES string of the molecule is Cc1cc(C)c(-n2cnc(C(F)(F)F)n2)cc1SCC(F)(F)Cl. The number of thioether (sulfide) groups is 1. The van der Waals surface area contributed by atoms with Crippen LogP contribution in [-0.4, -0.2) is 25.9 Å². The molecule has 0 radical (unpaired) electrons. The average molecular weight is 372 g/mol. The van der Waals surface area contributed by atoms with Gasteiger partial charge < -0.3 is 0 Å². The zero-order valence-electron chi connectivity index (χ0n) is 12.0. The highest BCUT2D eigenvalue weighted by molar-refractivity contribution is 7.99. The fraction of sp³-hybridized carbons (Fsp3) is 0.385. The Kier molecular flexibility index (Phi) is 4.91. The van der Waals surface area contributed by atoms with Crippen LogP contribution in [0.3, 0.4) is 0 Å². The maximum atomic E-state index is 12.8. The van der Waals surface area contributed by atoms with E-state index in [0.717, 1.165) is 22.8 Å². The maximum absolute atomic E-state index is 12.8. The molecule has 0 spiro atoms. The Hall–Kier alpha value is -1.35. The van der Waals surface area contributed by atoms with Crippen LogP contribution in [0.5, 0.6) is 0 Å². The molecule has 0 bridgehead atoms. The minimum Gasteiger partial charge on any atom is -0.220 e. The molecule has 1 aromatic carbocycles. The highest BCUT2D eigenvalue weighted by Gasteiger charge is 2.36. The summed E-state index contributed by atoms with van der Waals surface area (Å²) in [5, 5.41) is 0.0271. The van der Waals surface area contributed by atoms with E-state index in [1.54, 1.807) is 19.9 Å². The first-order chi connectivity index (χ1) is 10.5. The molecule has 1 heterocycles. The van der Waals surface area contributed by atoms with Gasteiger partial charge in [0.05, 0.1) is 11.4 Å². The van der Waals surface area contributed by atoms with E-state index in [1.807, 2.05) is 0 Å². The van der Waals surface area contributed by atoms with E-state index >= 15 is 0 Å². The third-order valence-corrected chi connectivity index (χ3v) is 4.43. The predicted octanol–water partition coefficient (Wildman–Crippen LogP) is 4.83. The average Bonchev–Trinajstić information content (AvgIpc) is 2.85. The predicted molar refractivity (Wildman–Crippen MR) is 77.4 cm³/mol. The summed E-state index contributed by atoms with van der Waals surface area (Å²) in [5.74, 6) is -1.91. The van der Waals surface area contributed by atoms with Crippen LogP contribution in [0.15, 0.2) is 23.4 Å². The van der Waals surface area contributed by atoms with Crippen molar-refractivity contribution in [1.82, 2.24) is 14.8 Å². The van der Waals surface area contributed by atoms with Crippen LogP contribution in [-0.2, 0) is 6.18 Å². The van der Waals surface area contributed by atoms with Crippen molar-refractivity contribution in [2.75, 3.05) is 5.75 Å². The summed E-state index contributed by atoms with van der Waals surface area (Å²) in [6.07, 6.45) is -3.72. The molecule has 0 amide bonds. The smallest absolute Gasteiger partial charge is 0.220 e. The molecule has 126 valence electrons. The number of aromatic nitrogens is 3. The summed E-state index contributed by atoms with van der Waals surface area (Å²) in [7, 11) is 0. The first kappa shape index (κ1) is 18.0. The van der Waals surface area contributed by atoms with Crippen LogP contribution in [0.1, 0.15) is 17.0 Å². The summed E-state index contributed by atoms with van der Waals surface area (Å²) < 4.78 is 64.2. The molecule has 10 heteroatoms. The number of alkyl halides is 6. The normalized spacial score (nSPS) is 12.7. The Bertz CT molecular complexity index is 709. The number of hydrogen-bond donors (Lipinski definition) is 0. The van der Waals surface area contributed by atoms with E-state index < -0.39 is 23.1 Å². The van der Waals surface area contributed by atoms with Crippen molar-refractivity contribution in [3.63, 3.8) is 0 Å². The lowest BCUT2D eigenvalue weighted by molar-refractivity contribution is -0.144. The van der Waals surface area contributed by atoms with Crippen molar-refractivity contribution in [2.45, 2.75) is 30.3 Å². The minimum atomic E-state index is -4.65. The molecular formula is C13H11ClF5N3S. The zero-order chi connectivity index (χ0) is 17.4. The van der Waals surface area contributed by atoms with E-state index in [-0.39, 0.29) is 0 Å². The van der Waals surface area contributed by atoms with Crippen LogP contribution in [0.2, 0.25) is 0 Å². The maximum Gasteiger partial charge on any atom is 0.453 e. The second kappa shape index (κ2) is 6.27. The van der Waals surface area contributed by atoms with E-state index in [4.69, 9.17) is 11.6 Å². The topological polar surface area (TPSA) is 30.7 Å². The van der Waals surface area contributed by atoms with Gasteiger partial charge >= 0.3 is 11.6 Å². The standard InChI is InChI=1S/C13H11ClF5N3S/c1-7-3-8(2)10(23-5-12(14,15)16)4-9(7)22-6-20-11(21-22)13(17,18)19/h3-4,6H,5H2,1-2H3. The fourth-order valence-electron chi connectivity index (χ4n) is 1.89. The van der Waals surface area contributed by atoms with Gasteiger partial charge in [-0.2, -0.15) is 22.0 Å². The molecular weight excluding hydrogens is 361 g/mol. The van der Waals surface area contributed by atoms with Crippen LogP contribution >= 0.6 is 23.4 Å². The molecule has 0 atom stereocenters. The van der Waals surface area contributed by atoms with Crippen molar-refractivity contribution in [3.05, 3.63) is 35.4 Å². The van der Waals surface area contributed by atoms with Crippen LogP contribution < -0.4 is 0 Å². The summed E-state index contributed by atoms with van der Waals surface area (Å²) in [6, 6.07) is 3.17. The molecule has 2 rings (SSSR count). The number of nitrogens with zero attached hydrogens (tertiary/aromatic N) is 3. The Morgan fingerprint density at radius 2 is 1.78 bits per heavy atom. The summed E-state index contributed by atoms with van der Waals surface area (Å²) in [6.45, 7) is 3.40. The third-order valence-electron chi connectivity index (χ3n) is 2.88. The molecule has 0 N–H and O–H groups in total. The van der Waals surface area contributed by atoms with Gasteiger partial charge in [-0.25, -0.2) is 9.67 Å². The highest BCUT2D eigenvalue weighted by Crippen LogP contribution is 2.33. The number of benzene rings is 1. The van der Waals surface area contributed by atoms with Crippen molar-refractivity contribution in [1.29, 1.82) is 0 Å². The van der Waals surface area contributed by atoms with Crippen molar-refractivity contribution in [2.24, 2.45) is 0 Å². The molecule has 2 aromatic rings. The molecule has 0 unspecified atom stereocenters. The van der Waals surface area contributed by atoms with Crippen molar-refractivity contribution in [3.8, 4) is 5.69 Å². The Labute approximate surface area is 137 Å². The van der Waals surface area contributed by atoms with Gasteiger partial charge in [0, 0.05) is 4.90 Å². The number of rotatable bonds is 4. The van der Waals surface area contributed by atoms with Gasteiger partial charge in [-0.1, -0.05) is 6.07 Å². The highest BCUT2D eigenvalue weighted by atomic mass is 35.5. The first-order valence-corrected chi connectivity index (χ1v) is 7.64. The van der Waals surface area contributed by atoms with Crippen molar-refractivity contribution < 1.29 is 22.0 Å². The largest absolute Gasteiger partial charge is 0.453 e. The van der Waals surface area contributed by atoms with Gasteiger partial charge in [0.15, 0.2) is 0 Å². The van der Waals surface area contributed by atoms with Gasteiger partial charge in [-0.15, -0.1) is 16.9 Å². The Balaban J connectivity index is 2.37. The summed E-state index contributed by atoms with van der Waals surface area (Å²) in [4.78, 5) is 3.70. The monoisotopic (exact) mass is 371 g/mol. The molecule has 0 aliphatic heterocycles. The summed E-state index contributed by atoms with van der Waals surface area (Å²) in [5.41, 5.74) is 1.69. The molecule has 1 aromatic heterocycles. The van der Waals surface area contributed by atoms with Crippen molar-refractivity contribution >= 4 is 23.4 Å². The lowest BCUT2D eigenvalue weighted by Gasteiger charge is -2.13. The molecule has 0 fully saturated rings. The van der Waals surface area contributed by atoms with E-state index in [9.17, 15) is 22.0 Å². The molecule has 23 heavy (non-hydrogen) atoms. The minimum absolute atomic E-state index is 0.332. The molecule has 3 nitrogen and oxygen atoms in total. The van der Waals surface area contributed by atoms with Crippen LogP contribution in [0.4, 0.5) is 22.0 Å². The number of halogens is 6. The second-order valence-electron chi connectivity index (χ2n) is 4.82. The van der Waals surface area contributed by atoms with Gasteiger partial charge in [0.1, 0.15) is 6.33 Å². The lowest BCUT2D eigenvalue weighted by atomic mass is 10.1. The van der Waals surface area contributed by atoms with Crippen LogP contribution in [0.25, 0.3) is 5.69 Å². The third kappa shape index (κ3) is 4.57. The lowest BCUT2D eigenvalue weighted by Crippen LogP contribution is -2.10. The van der Waals surface area contributed by atoms with Gasteiger partial charge in [0.2, 0.25) is 0 Å². The van der Waals surface area contributed by atoms with Gasteiger partial charge in [-0.3, -0.25) is 0 Å². The summed E-state index contributed by atoms with van der Waals surface area (Å²) >= 11 is 5.69. The van der Waals surface area contributed by atoms with Gasteiger partial charge in [0.25, 0.3) is 5.82 Å². The number of aryl methyl sites for hydroxylation is 2. The zero-order valence-corrected chi connectivity index (χ0v) is 13.5. The van der Waals surface area contributed by atoms with Gasteiger partial charge in [-0.05, 0) is 42.6 Å². The molecule has 0 aliphatic rings. The van der Waals surface area contributed by atoms with E-state index in [2.05, 4.69) is 10.1 Å². The first-order valence-electron chi connectivity index (χ1n) is 6.27. The molecule has 0 saturated carbocycles. The Morgan fingerprint density at radius 1 is 1.13 bits per heavy atom. The quantitative estimate of drug-likeness (QED) is 0.438. The fourth-order valence-corrected chi connectivity index (χ4v) is 2.86. The second-order valence-corrected chi connectivity index (χ2v) is 6.39. The Morgan fingerprint density at radius 3 is 2.30 bits per heavy atom. The molecule has 0 saturated heterocycles. The van der Waals surface area contributed by atoms with E-state index in [0.29, 0.717) is 21.7 Å². The number of hydrogen-bond acceptors (Lipinski definition) is 3. The molecule has 0 aliphatic carbocycles.